The van der Waals surface area contributed by atoms with Crippen LogP contribution < -0.4 is 10.1 Å². The van der Waals surface area contributed by atoms with E-state index in [0.29, 0.717) is 30.2 Å². The van der Waals surface area contributed by atoms with Gasteiger partial charge in [0.25, 0.3) is 0 Å². The van der Waals surface area contributed by atoms with E-state index in [4.69, 9.17) is 21.4 Å². The number of benzene rings is 2. The van der Waals surface area contributed by atoms with Crippen LogP contribution in [0.2, 0.25) is 5.02 Å². The lowest BCUT2D eigenvalue weighted by Gasteiger charge is -2.13. The average Bonchev–Trinajstić information content (AvgIpc) is 2.61. The Kier molecular flexibility index (Phi) is 7.48. The molecule has 2 aromatic carbocycles. The molecule has 0 saturated heterocycles. The number of hydrogen-bond acceptors (Lipinski definition) is 3. The second kappa shape index (κ2) is 9.82. The topological polar surface area (TPSA) is 75.6 Å². The van der Waals surface area contributed by atoms with Crippen molar-refractivity contribution in [3.8, 4) is 5.75 Å². The molecule has 0 saturated carbocycles. The van der Waals surface area contributed by atoms with Gasteiger partial charge in [-0.1, -0.05) is 42.8 Å². The van der Waals surface area contributed by atoms with Gasteiger partial charge in [-0.25, -0.2) is 4.79 Å². The van der Waals surface area contributed by atoms with Gasteiger partial charge in [0.1, 0.15) is 5.75 Å². The number of carbonyl (C=O) groups excluding carboxylic acids is 1. The van der Waals surface area contributed by atoms with Crippen LogP contribution in [0.3, 0.4) is 0 Å². The van der Waals surface area contributed by atoms with Gasteiger partial charge in [-0.2, -0.15) is 0 Å². The third-order valence-electron chi connectivity index (χ3n) is 3.88. The molecule has 0 heterocycles. The number of carboxylic acid groups (broad SMARTS) is 1. The third kappa shape index (κ3) is 6.76. The highest BCUT2D eigenvalue weighted by Crippen LogP contribution is 2.15. The molecule has 0 aliphatic heterocycles. The van der Waals surface area contributed by atoms with Crippen LogP contribution in [-0.4, -0.2) is 30.1 Å². The summed E-state index contributed by atoms with van der Waals surface area (Å²) in [5.41, 5.74) is 2.08. The first-order chi connectivity index (χ1) is 12.4. The lowest BCUT2D eigenvalue weighted by Crippen LogP contribution is -2.31. The third-order valence-corrected chi connectivity index (χ3v) is 4.11. The summed E-state index contributed by atoms with van der Waals surface area (Å²) < 4.78 is 5.08. The van der Waals surface area contributed by atoms with Crippen LogP contribution in [0.5, 0.6) is 5.75 Å². The Labute approximate surface area is 157 Å². The summed E-state index contributed by atoms with van der Waals surface area (Å²) >= 11 is 5.97. The molecule has 0 radical (unpaired) electrons. The van der Waals surface area contributed by atoms with Gasteiger partial charge in [0.15, 0.2) is 6.61 Å². The van der Waals surface area contributed by atoms with Crippen molar-refractivity contribution in [1.29, 1.82) is 0 Å². The van der Waals surface area contributed by atoms with E-state index in [-0.39, 0.29) is 18.4 Å². The second-order valence-electron chi connectivity index (χ2n) is 6.10. The fraction of sp³-hybridized carbons (Fsp3) is 0.300. The first-order valence-electron chi connectivity index (χ1n) is 8.39. The van der Waals surface area contributed by atoms with Gasteiger partial charge in [0, 0.05) is 17.5 Å². The molecule has 1 unspecified atom stereocenters. The Hall–Kier alpha value is -2.53. The van der Waals surface area contributed by atoms with E-state index in [1.165, 1.54) is 0 Å². The smallest absolute Gasteiger partial charge is 0.341 e. The Morgan fingerprint density at radius 2 is 1.88 bits per heavy atom. The van der Waals surface area contributed by atoms with Crippen LogP contribution in [0, 0.1) is 5.92 Å². The van der Waals surface area contributed by atoms with Gasteiger partial charge in [-0.15, -0.1) is 0 Å². The summed E-state index contributed by atoms with van der Waals surface area (Å²) in [4.78, 5) is 22.7. The second-order valence-corrected chi connectivity index (χ2v) is 6.54. The maximum Gasteiger partial charge on any atom is 0.341 e. The van der Waals surface area contributed by atoms with Crippen LogP contribution in [-0.2, 0) is 22.4 Å². The van der Waals surface area contributed by atoms with Crippen LogP contribution in [0.25, 0.3) is 0 Å². The minimum Gasteiger partial charge on any atom is -0.482 e. The van der Waals surface area contributed by atoms with E-state index < -0.39 is 5.97 Å². The van der Waals surface area contributed by atoms with Crippen molar-refractivity contribution in [2.45, 2.75) is 19.8 Å². The average molecular weight is 376 g/mol. The molecule has 0 fully saturated rings. The predicted molar refractivity (Wildman–Crippen MR) is 101 cm³/mol. The molecule has 2 N–H and O–H groups in total. The first kappa shape index (κ1) is 19.8. The van der Waals surface area contributed by atoms with E-state index in [9.17, 15) is 9.59 Å². The molecule has 0 bridgehead atoms. The molecule has 1 atom stereocenters. The van der Waals surface area contributed by atoms with Crippen molar-refractivity contribution in [2.24, 2.45) is 5.92 Å². The van der Waals surface area contributed by atoms with Crippen molar-refractivity contribution in [1.82, 2.24) is 5.32 Å². The SMILES string of the molecule is CC(Cc1cccc(Cl)c1)C(=O)NCCc1ccc(OCC(=O)O)cc1. The number of amides is 1. The Bertz CT molecular complexity index is 746. The van der Waals surface area contributed by atoms with Crippen molar-refractivity contribution < 1.29 is 19.4 Å². The molecule has 1 amide bonds. The molecule has 6 heteroatoms. The van der Waals surface area contributed by atoms with Gasteiger partial charge >= 0.3 is 5.97 Å². The van der Waals surface area contributed by atoms with Crippen LogP contribution in [0.4, 0.5) is 0 Å². The molecule has 138 valence electrons. The molecule has 2 rings (SSSR count). The summed E-state index contributed by atoms with van der Waals surface area (Å²) in [6.45, 7) is 2.07. The molecule has 0 aliphatic rings. The molecule has 0 aliphatic carbocycles. The molecular weight excluding hydrogens is 354 g/mol. The monoisotopic (exact) mass is 375 g/mol. The number of carboxylic acids is 1. The standard InChI is InChI=1S/C20H22ClNO4/c1-14(11-16-3-2-4-17(21)12-16)20(25)22-10-9-15-5-7-18(8-6-15)26-13-19(23)24/h2-8,12,14H,9-11,13H2,1H3,(H,22,25)(H,23,24). The molecule has 5 nitrogen and oxygen atoms in total. The zero-order valence-corrected chi connectivity index (χ0v) is 15.3. The van der Waals surface area contributed by atoms with Crippen molar-refractivity contribution in [3.63, 3.8) is 0 Å². The van der Waals surface area contributed by atoms with E-state index >= 15 is 0 Å². The van der Waals surface area contributed by atoms with E-state index in [1.807, 2.05) is 43.3 Å². The van der Waals surface area contributed by atoms with Gasteiger partial charge in [-0.05, 0) is 48.2 Å². The van der Waals surface area contributed by atoms with Crippen LogP contribution in [0.1, 0.15) is 18.1 Å². The summed E-state index contributed by atoms with van der Waals surface area (Å²) in [5.74, 6) is -0.634. The molecular formula is C20H22ClNO4. The fourth-order valence-corrected chi connectivity index (χ4v) is 2.72. The molecule has 2 aromatic rings. The quantitative estimate of drug-likeness (QED) is 0.704. The minimum absolute atomic E-state index is 0.00591. The van der Waals surface area contributed by atoms with E-state index in [1.54, 1.807) is 12.1 Å². The Morgan fingerprint density at radius 3 is 2.54 bits per heavy atom. The summed E-state index contributed by atoms with van der Waals surface area (Å²) in [6.07, 6.45) is 1.33. The maximum absolute atomic E-state index is 12.2. The van der Waals surface area contributed by atoms with Crippen molar-refractivity contribution >= 4 is 23.5 Å². The highest BCUT2D eigenvalue weighted by Gasteiger charge is 2.13. The Morgan fingerprint density at radius 1 is 1.15 bits per heavy atom. The summed E-state index contributed by atoms with van der Waals surface area (Å²) in [5, 5.41) is 12.2. The molecule has 0 aromatic heterocycles. The highest BCUT2D eigenvalue weighted by atomic mass is 35.5. The lowest BCUT2D eigenvalue weighted by atomic mass is 10.0. The lowest BCUT2D eigenvalue weighted by molar-refractivity contribution is -0.139. The number of aliphatic carboxylic acids is 1. The minimum atomic E-state index is -1.01. The fourth-order valence-electron chi connectivity index (χ4n) is 2.51. The zero-order chi connectivity index (χ0) is 18.9. The molecule has 0 spiro atoms. The highest BCUT2D eigenvalue weighted by molar-refractivity contribution is 6.30. The largest absolute Gasteiger partial charge is 0.482 e. The number of rotatable bonds is 9. The van der Waals surface area contributed by atoms with Gasteiger partial charge in [-0.3, -0.25) is 4.79 Å². The normalized spacial score (nSPS) is 11.6. The van der Waals surface area contributed by atoms with Gasteiger partial charge < -0.3 is 15.2 Å². The van der Waals surface area contributed by atoms with Crippen LogP contribution in [0.15, 0.2) is 48.5 Å². The number of carbonyl (C=O) groups is 2. The predicted octanol–water partition coefficient (Wildman–Crippen LogP) is 3.34. The van der Waals surface area contributed by atoms with Crippen molar-refractivity contribution in [3.05, 3.63) is 64.7 Å². The maximum atomic E-state index is 12.2. The summed E-state index contributed by atoms with van der Waals surface area (Å²) in [7, 11) is 0. The van der Waals surface area contributed by atoms with Crippen LogP contribution >= 0.6 is 11.6 Å². The zero-order valence-electron chi connectivity index (χ0n) is 14.6. The first-order valence-corrected chi connectivity index (χ1v) is 8.77. The van der Waals surface area contributed by atoms with Crippen molar-refractivity contribution in [2.75, 3.05) is 13.2 Å². The molecule has 26 heavy (non-hydrogen) atoms. The Balaban J connectivity index is 1.74. The van der Waals surface area contributed by atoms with E-state index in [2.05, 4.69) is 5.32 Å². The summed E-state index contributed by atoms with van der Waals surface area (Å²) in [6, 6.07) is 14.7. The van der Waals surface area contributed by atoms with E-state index in [0.717, 1.165) is 11.1 Å². The number of halogens is 1. The van der Waals surface area contributed by atoms with Gasteiger partial charge in [0.05, 0.1) is 0 Å². The number of ether oxygens (including phenoxy) is 1. The number of nitrogens with one attached hydrogen (secondary N) is 1. The number of hydrogen-bond donors (Lipinski definition) is 2. The van der Waals surface area contributed by atoms with Gasteiger partial charge in [0.2, 0.25) is 5.91 Å².